The van der Waals surface area contributed by atoms with Crippen molar-refractivity contribution in [3.8, 4) is 0 Å². The molecule has 0 aliphatic heterocycles. The molecular weight excluding hydrogens is 218 g/mol. The van der Waals surface area contributed by atoms with Gasteiger partial charge < -0.3 is 10.5 Å². The molecule has 0 unspecified atom stereocenters. The molecule has 2 rings (SSSR count). The number of carbonyl (C=O) groups excluding carboxylic acids is 1. The number of hydrogen-bond acceptors (Lipinski definition) is 4. The van der Waals surface area contributed by atoms with Crippen LogP contribution in [0.1, 0.15) is 0 Å². The van der Waals surface area contributed by atoms with Crippen molar-refractivity contribution in [2.75, 3.05) is 12.8 Å². The number of nitrogen functional groups attached to an aromatic ring is 1. The Morgan fingerprint density at radius 3 is 3.00 bits per heavy atom. The van der Waals surface area contributed by atoms with Gasteiger partial charge in [-0.15, -0.1) is 5.10 Å². The van der Waals surface area contributed by atoms with Crippen molar-refractivity contribution < 1.29 is 9.53 Å². The fourth-order valence-corrected chi connectivity index (χ4v) is 1.65. The molecule has 0 atom stereocenters. The van der Waals surface area contributed by atoms with Crippen LogP contribution in [0, 0.1) is 0 Å². The van der Waals surface area contributed by atoms with Crippen molar-refractivity contribution in [3.05, 3.63) is 23.2 Å². The second-order valence-electron chi connectivity index (χ2n) is 2.90. The minimum Gasteiger partial charge on any atom is -0.451 e. The van der Waals surface area contributed by atoms with Crippen LogP contribution < -0.4 is 5.73 Å². The maximum absolute atomic E-state index is 11.3. The molecule has 78 valence electrons. The van der Waals surface area contributed by atoms with Crippen molar-refractivity contribution in [2.24, 2.45) is 0 Å². The first kappa shape index (κ1) is 9.79. The predicted octanol–water partition coefficient (Wildman–Crippen LogP) is 1.89. The Balaban J connectivity index is 2.79. The zero-order chi connectivity index (χ0) is 11.0. The van der Waals surface area contributed by atoms with Gasteiger partial charge in [0.25, 0.3) is 0 Å². The number of anilines is 1. The second-order valence-corrected chi connectivity index (χ2v) is 3.31. The third-order valence-corrected chi connectivity index (χ3v) is 2.35. The molecule has 0 saturated carbocycles. The fourth-order valence-electron chi connectivity index (χ4n) is 1.38. The minimum atomic E-state index is -0.598. The van der Waals surface area contributed by atoms with Gasteiger partial charge in [-0.1, -0.05) is 17.7 Å². The maximum Gasteiger partial charge on any atom is 0.435 e. The molecule has 0 saturated heterocycles. The van der Waals surface area contributed by atoms with E-state index < -0.39 is 6.09 Å². The number of halogens is 1. The first-order chi connectivity index (χ1) is 7.15. The van der Waals surface area contributed by atoms with Crippen LogP contribution in [0.25, 0.3) is 10.9 Å². The van der Waals surface area contributed by atoms with E-state index in [2.05, 4.69) is 9.84 Å². The Hall–Kier alpha value is -1.75. The number of hydrogen-bond donors (Lipinski definition) is 1. The lowest BCUT2D eigenvalue weighted by Crippen LogP contribution is -2.12. The van der Waals surface area contributed by atoms with Gasteiger partial charge >= 0.3 is 6.09 Å². The monoisotopic (exact) mass is 225 g/mol. The van der Waals surface area contributed by atoms with Gasteiger partial charge in [-0.25, -0.2) is 4.79 Å². The number of fused-ring (bicyclic) bond motifs is 1. The van der Waals surface area contributed by atoms with Gasteiger partial charge in [-0.05, 0) is 12.1 Å². The highest BCUT2D eigenvalue weighted by Gasteiger charge is 2.15. The molecule has 0 aliphatic rings. The normalized spacial score (nSPS) is 10.5. The number of methoxy groups -OCH3 is 1. The lowest BCUT2D eigenvalue weighted by molar-refractivity contribution is 0.170. The molecular formula is C9H8ClN3O2. The van der Waals surface area contributed by atoms with E-state index in [4.69, 9.17) is 17.3 Å². The molecule has 1 heterocycles. The molecule has 0 fully saturated rings. The molecule has 0 amide bonds. The Kier molecular flexibility index (Phi) is 2.24. The van der Waals surface area contributed by atoms with Gasteiger partial charge in [0, 0.05) is 0 Å². The smallest absolute Gasteiger partial charge is 0.435 e. The topological polar surface area (TPSA) is 70.1 Å². The van der Waals surface area contributed by atoms with E-state index in [0.717, 1.165) is 4.68 Å². The van der Waals surface area contributed by atoms with E-state index in [9.17, 15) is 4.79 Å². The summed E-state index contributed by atoms with van der Waals surface area (Å²) in [6.45, 7) is 0. The second kappa shape index (κ2) is 3.43. The van der Waals surface area contributed by atoms with Gasteiger partial charge in [0.05, 0.1) is 23.0 Å². The van der Waals surface area contributed by atoms with Crippen molar-refractivity contribution in [1.29, 1.82) is 0 Å². The SMILES string of the molecule is COC(=O)n1nc(N)c2c(Cl)cccc21. The van der Waals surface area contributed by atoms with Crippen LogP contribution in [0.5, 0.6) is 0 Å². The molecule has 1 aromatic carbocycles. The minimum absolute atomic E-state index is 0.209. The first-order valence-electron chi connectivity index (χ1n) is 4.16. The zero-order valence-electron chi connectivity index (χ0n) is 7.90. The summed E-state index contributed by atoms with van der Waals surface area (Å²) in [5.74, 6) is 0.209. The van der Waals surface area contributed by atoms with Gasteiger partial charge in [0.15, 0.2) is 5.82 Å². The summed E-state index contributed by atoms with van der Waals surface area (Å²) in [7, 11) is 1.27. The predicted molar refractivity (Wildman–Crippen MR) is 57.0 cm³/mol. The molecule has 5 nitrogen and oxygen atoms in total. The lowest BCUT2D eigenvalue weighted by atomic mass is 10.2. The lowest BCUT2D eigenvalue weighted by Gasteiger charge is -1.99. The largest absolute Gasteiger partial charge is 0.451 e. The Morgan fingerprint density at radius 1 is 1.60 bits per heavy atom. The zero-order valence-corrected chi connectivity index (χ0v) is 8.65. The summed E-state index contributed by atoms with van der Waals surface area (Å²) in [6, 6.07) is 5.09. The fraction of sp³-hybridized carbons (Fsp3) is 0.111. The summed E-state index contributed by atoms with van der Waals surface area (Å²) in [4.78, 5) is 11.3. The van der Waals surface area contributed by atoms with Crippen molar-refractivity contribution in [2.45, 2.75) is 0 Å². The van der Waals surface area contributed by atoms with Crippen LogP contribution in [-0.2, 0) is 4.74 Å². The summed E-state index contributed by atoms with van der Waals surface area (Å²) in [5, 5.41) is 4.88. The molecule has 2 aromatic rings. The van der Waals surface area contributed by atoms with Crippen LogP contribution in [-0.4, -0.2) is 23.0 Å². The third-order valence-electron chi connectivity index (χ3n) is 2.03. The molecule has 0 aliphatic carbocycles. The highest BCUT2D eigenvalue weighted by molar-refractivity contribution is 6.36. The molecule has 6 heteroatoms. The number of nitrogens with two attached hydrogens (primary N) is 1. The number of benzene rings is 1. The Morgan fingerprint density at radius 2 is 2.33 bits per heavy atom. The van der Waals surface area contributed by atoms with Gasteiger partial charge in [-0.3, -0.25) is 0 Å². The number of carbonyl (C=O) groups is 1. The number of aromatic nitrogens is 2. The van der Waals surface area contributed by atoms with Crippen molar-refractivity contribution in [3.63, 3.8) is 0 Å². The van der Waals surface area contributed by atoms with Crippen molar-refractivity contribution >= 4 is 34.4 Å². The quantitative estimate of drug-likeness (QED) is 0.743. The average Bonchev–Trinajstić information content (AvgIpc) is 2.56. The van der Waals surface area contributed by atoms with E-state index in [1.54, 1.807) is 18.2 Å². The Bertz CT molecular complexity index is 535. The van der Waals surface area contributed by atoms with Gasteiger partial charge in [0.2, 0.25) is 0 Å². The average molecular weight is 226 g/mol. The maximum atomic E-state index is 11.3. The summed E-state index contributed by atoms with van der Waals surface area (Å²) < 4.78 is 5.64. The van der Waals surface area contributed by atoms with E-state index in [1.165, 1.54) is 7.11 Å². The summed E-state index contributed by atoms with van der Waals surface area (Å²) >= 11 is 5.94. The molecule has 0 bridgehead atoms. The van der Waals surface area contributed by atoms with Crippen LogP contribution in [0.3, 0.4) is 0 Å². The molecule has 0 spiro atoms. The van der Waals surface area contributed by atoms with E-state index in [1.807, 2.05) is 0 Å². The van der Waals surface area contributed by atoms with Crippen LogP contribution >= 0.6 is 11.6 Å². The number of nitrogens with zero attached hydrogens (tertiary/aromatic N) is 2. The molecule has 15 heavy (non-hydrogen) atoms. The highest BCUT2D eigenvalue weighted by Crippen LogP contribution is 2.28. The first-order valence-corrected chi connectivity index (χ1v) is 4.54. The van der Waals surface area contributed by atoms with E-state index in [-0.39, 0.29) is 5.82 Å². The Labute approximate surface area is 90.4 Å². The van der Waals surface area contributed by atoms with Gasteiger partial charge in [-0.2, -0.15) is 4.68 Å². The van der Waals surface area contributed by atoms with Crippen LogP contribution in [0.2, 0.25) is 5.02 Å². The van der Waals surface area contributed by atoms with E-state index in [0.29, 0.717) is 15.9 Å². The third kappa shape index (κ3) is 1.41. The molecule has 1 aromatic heterocycles. The van der Waals surface area contributed by atoms with Gasteiger partial charge in [0.1, 0.15) is 0 Å². The van der Waals surface area contributed by atoms with Crippen LogP contribution in [0.4, 0.5) is 10.6 Å². The number of ether oxygens (including phenoxy) is 1. The van der Waals surface area contributed by atoms with Crippen molar-refractivity contribution in [1.82, 2.24) is 9.78 Å². The van der Waals surface area contributed by atoms with Crippen LogP contribution in [0.15, 0.2) is 18.2 Å². The molecule has 2 N–H and O–H groups in total. The highest BCUT2D eigenvalue weighted by atomic mass is 35.5. The molecule has 0 radical (unpaired) electrons. The summed E-state index contributed by atoms with van der Waals surface area (Å²) in [5.41, 5.74) is 6.18. The van der Waals surface area contributed by atoms with E-state index >= 15 is 0 Å². The number of rotatable bonds is 0. The summed E-state index contributed by atoms with van der Waals surface area (Å²) in [6.07, 6.45) is -0.598. The standard InChI is InChI=1S/C9H8ClN3O2/c1-15-9(14)13-6-4-2-3-5(10)7(6)8(11)12-13/h2-4H,1H3,(H2,11,12).